The molecule has 0 aliphatic rings. The van der Waals surface area contributed by atoms with E-state index in [1.54, 1.807) is 59.7 Å². The molecule has 24 nitrogen and oxygen atoms in total. The van der Waals surface area contributed by atoms with Crippen molar-refractivity contribution in [2.75, 3.05) is 60.3 Å². The molecule has 10 rings (SSSR count). The average Bonchev–Trinajstić information content (AvgIpc) is 0.827. The number of hydrogen-bond donors (Lipinski definition) is 7. The number of aromatic hydroxyl groups is 1. The standard InChI is InChI=1S/C46H43N3O9.C35H35N3O9/c1-46(2,3)58-45(53)49-36-20-17-33(24-39(36)54-4)42(50)47-37-21-18-34(25-40(37)56-27-29-11-7-6-8-12-29)43(51)48-38-22-19-35(44(52)55-5)26-41(38)57-28-30-15-16-31-13-9-10-14-32(31)23-30;1-35(2,3)47-34(43)38-26-15-11-22(18-29(26)44-4)32(41)37-27-16-12-23(19-30(27)46-20-21-9-7-6-8-10-21)31(40)36-25-14-13-24(17-28(25)39)33(42)45-5/h6-26H,27-28H2,1-5H3,(H,47,50)(H,48,51)(H,49,53);6-19,39H,20H2,1-5H3,(H,36,40)(H,37,41)(H,38,43). The average molecular weight is 1420 g/mol. The Kier molecular flexibility index (Phi) is 25.1. The van der Waals surface area contributed by atoms with Gasteiger partial charge in [0.05, 0.1) is 73.7 Å². The Balaban J connectivity index is 0.000000249. The highest BCUT2D eigenvalue weighted by atomic mass is 16.6. The summed E-state index contributed by atoms with van der Waals surface area (Å²) in [6.07, 6.45) is -1.35. The number of phenolic OH excluding ortho intramolecular Hbond substituents is 1. The number of amides is 6. The lowest BCUT2D eigenvalue weighted by Gasteiger charge is -2.20. The third kappa shape index (κ3) is 21.6. The fraction of sp³-hybridized carbons (Fsp3) is 0.185. The third-order valence-electron chi connectivity index (χ3n) is 15.2. The maximum atomic E-state index is 13.8. The highest BCUT2D eigenvalue weighted by Gasteiger charge is 2.24. The maximum absolute atomic E-state index is 13.8. The maximum Gasteiger partial charge on any atom is 0.412 e. The van der Waals surface area contributed by atoms with Crippen LogP contribution in [0, 0.1) is 0 Å². The number of anilines is 6. The second-order valence-electron chi connectivity index (χ2n) is 25.3. The summed E-state index contributed by atoms with van der Waals surface area (Å²) in [7, 11) is 5.34. The van der Waals surface area contributed by atoms with Crippen LogP contribution in [0.3, 0.4) is 0 Å². The second kappa shape index (κ2) is 34.8. The summed E-state index contributed by atoms with van der Waals surface area (Å²) >= 11 is 0. The van der Waals surface area contributed by atoms with Gasteiger partial charge >= 0.3 is 24.1 Å². The van der Waals surface area contributed by atoms with Gasteiger partial charge in [-0.2, -0.15) is 0 Å². The van der Waals surface area contributed by atoms with Crippen molar-refractivity contribution in [1.82, 2.24) is 0 Å². The van der Waals surface area contributed by atoms with E-state index < -0.39 is 59.0 Å². The predicted molar refractivity (Wildman–Crippen MR) is 397 cm³/mol. The molecule has 7 N–H and O–H groups in total. The molecule has 0 saturated heterocycles. The molecular formula is C81H78N6O18. The first-order valence-corrected chi connectivity index (χ1v) is 32.7. The molecule has 105 heavy (non-hydrogen) atoms. The van der Waals surface area contributed by atoms with Crippen molar-refractivity contribution in [3.8, 4) is 34.5 Å². The fourth-order valence-electron chi connectivity index (χ4n) is 10.1. The first-order valence-electron chi connectivity index (χ1n) is 32.7. The normalized spacial score (nSPS) is 10.8. The number of carbonyl (C=O) groups is 8. The Labute approximate surface area is 605 Å². The molecule has 10 aromatic carbocycles. The van der Waals surface area contributed by atoms with E-state index in [0.29, 0.717) is 22.7 Å². The van der Waals surface area contributed by atoms with Gasteiger partial charge in [0.1, 0.15) is 65.5 Å². The highest BCUT2D eigenvalue weighted by Crippen LogP contribution is 2.35. The van der Waals surface area contributed by atoms with E-state index in [4.69, 9.17) is 37.9 Å². The Morgan fingerprint density at radius 2 is 0.629 bits per heavy atom. The number of methoxy groups -OCH3 is 4. The molecule has 0 aromatic heterocycles. The lowest BCUT2D eigenvalue weighted by atomic mass is 10.1. The zero-order chi connectivity index (χ0) is 75.4. The number of phenols is 1. The summed E-state index contributed by atoms with van der Waals surface area (Å²) in [6, 6.07) is 59.5. The minimum absolute atomic E-state index is 0.0744. The van der Waals surface area contributed by atoms with Gasteiger partial charge < -0.3 is 69.0 Å². The fourth-order valence-corrected chi connectivity index (χ4v) is 10.1. The first-order chi connectivity index (χ1) is 50.2. The van der Waals surface area contributed by atoms with Crippen LogP contribution < -0.4 is 55.6 Å². The van der Waals surface area contributed by atoms with Crippen molar-refractivity contribution in [3.63, 3.8) is 0 Å². The molecule has 0 fully saturated rings. The van der Waals surface area contributed by atoms with Gasteiger partial charge in [-0.05, 0) is 184 Å². The van der Waals surface area contributed by atoms with Gasteiger partial charge in [0.15, 0.2) is 0 Å². The SMILES string of the molecule is COC(=O)c1ccc(NC(=O)c2ccc(NC(=O)c3ccc(NC(=O)OC(C)(C)C)c(OC)c3)c(OCc3ccccc3)c2)c(O)c1.COC(=O)c1ccc(NC(=O)c2ccc(NC(=O)c3ccc(NC(=O)OC(C)(C)C)c(OC)c3)c(OCc3ccccc3)c2)c(OCc2ccc3ccccc3c2)c1. The Morgan fingerprint density at radius 1 is 0.314 bits per heavy atom. The molecular weight excluding hydrogens is 1340 g/mol. The minimum atomic E-state index is -0.707. The Bertz CT molecular complexity index is 4840. The summed E-state index contributed by atoms with van der Waals surface area (Å²) in [5.41, 5.74) is 4.01. The smallest absolute Gasteiger partial charge is 0.412 e. The number of rotatable bonds is 23. The van der Waals surface area contributed by atoms with Crippen molar-refractivity contribution >= 4 is 92.7 Å². The van der Waals surface area contributed by atoms with Gasteiger partial charge in [0.25, 0.3) is 23.6 Å². The summed E-state index contributed by atoms with van der Waals surface area (Å²) < 4.78 is 49.5. The molecule has 0 bridgehead atoms. The van der Waals surface area contributed by atoms with E-state index in [9.17, 15) is 43.5 Å². The lowest BCUT2D eigenvalue weighted by Crippen LogP contribution is -2.27. The quantitative estimate of drug-likeness (QED) is 0.0178. The number of benzene rings is 10. The number of esters is 2. The second-order valence-corrected chi connectivity index (χ2v) is 25.3. The molecule has 0 saturated carbocycles. The molecule has 24 heteroatoms. The lowest BCUT2D eigenvalue weighted by molar-refractivity contribution is 0.0591. The van der Waals surface area contributed by atoms with Gasteiger partial charge in [-0.3, -0.25) is 29.8 Å². The van der Waals surface area contributed by atoms with Crippen molar-refractivity contribution in [2.45, 2.75) is 72.6 Å². The van der Waals surface area contributed by atoms with E-state index >= 15 is 0 Å². The van der Waals surface area contributed by atoms with Crippen LogP contribution in [0.1, 0.15) is 120 Å². The number of carbonyl (C=O) groups excluding carboxylic acids is 8. The van der Waals surface area contributed by atoms with Crippen LogP contribution in [0.5, 0.6) is 34.5 Å². The molecule has 0 radical (unpaired) electrons. The van der Waals surface area contributed by atoms with Crippen LogP contribution in [0.2, 0.25) is 0 Å². The van der Waals surface area contributed by atoms with Crippen LogP contribution in [0.25, 0.3) is 10.8 Å². The van der Waals surface area contributed by atoms with Crippen molar-refractivity contribution in [1.29, 1.82) is 0 Å². The summed E-state index contributed by atoms with van der Waals surface area (Å²) in [4.78, 5) is 103. The van der Waals surface area contributed by atoms with Gasteiger partial charge in [-0.25, -0.2) is 19.2 Å². The highest BCUT2D eigenvalue weighted by molar-refractivity contribution is 6.10. The first kappa shape index (κ1) is 75.8. The van der Waals surface area contributed by atoms with Crippen LogP contribution in [-0.4, -0.2) is 92.5 Å². The largest absolute Gasteiger partial charge is 0.506 e. The third-order valence-corrected chi connectivity index (χ3v) is 15.2. The Morgan fingerprint density at radius 3 is 1.00 bits per heavy atom. The van der Waals surface area contributed by atoms with E-state index in [2.05, 4.69) is 36.6 Å². The predicted octanol–water partition coefficient (Wildman–Crippen LogP) is 16.3. The summed E-state index contributed by atoms with van der Waals surface area (Å²) in [5.74, 6) is -2.43. The number of fused-ring (bicyclic) bond motifs is 1. The van der Waals surface area contributed by atoms with E-state index in [0.717, 1.165) is 27.5 Å². The van der Waals surface area contributed by atoms with Gasteiger partial charge in [-0.1, -0.05) is 97.1 Å². The molecule has 0 aliphatic carbocycles. The molecule has 0 unspecified atom stereocenters. The van der Waals surface area contributed by atoms with Crippen molar-refractivity contribution in [3.05, 3.63) is 262 Å². The molecule has 6 amide bonds. The molecule has 10 aromatic rings. The molecule has 540 valence electrons. The van der Waals surface area contributed by atoms with E-state index in [-0.39, 0.29) is 99.1 Å². The van der Waals surface area contributed by atoms with Crippen molar-refractivity contribution in [2.24, 2.45) is 0 Å². The number of nitrogens with one attached hydrogen (secondary N) is 6. The topological polar surface area (TPSA) is 312 Å². The van der Waals surface area contributed by atoms with Crippen LogP contribution in [-0.2, 0) is 38.8 Å². The Hall–Kier alpha value is -13.4. The van der Waals surface area contributed by atoms with Crippen LogP contribution in [0.4, 0.5) is 43.7 Å². The zero-order valence-corrected chi connectivity index (χ0v) is 59.2. The van der Waals surface area contributed by atoms with Crippen LogP contribution >= 0.6 is 0 Å². The van der Waals surface area contributed by atoms with Gasteiger partial charge in [0.2, 0.25) is 0 Å². The van der Waals surface area contributed by atoms with E-state index in [1.807, 2.05) is 103 Å². The zero-order valence-electron chi connectivity index (χ0n) is 59.2. The van der Waals surface area contributed by atoms with Crippen LogP contribution in [0.15, 0.2) is 212 Å². The van der Waals surface area contributed by atoms with Gasteiger partial charge in [-0.15, -0.1) is 0 Å². The summed E-state index contributed by atoms with van der Waals surface area (Å²) in [5, 5.41) is 28.9. The molecule has 0 atom stereocenters. The summed E-state index contributed by atoms with van der Waals surface area (Å²) in [6.45, 7) is 10.9. The number of hydrogen-bond acceptors (Lipinski definition) is 18. The monoisotopic (exact) mass is 1420 g/mol. The molecule has 0 spiro atoms. The minimum Gasteiger partial charge on any atom is -0.506 e. The van der Waals surface area contributed by atoms with E-state index in [1.165, 1.54) is 119 Å². The van der Waals surface area contributed by atoms with Gasteiger partial charge in [0, 0.05) is 22.3 Å². The van der Waals surface area contributed by atoms with Crippen molar-refractivity contribution < 1.29 is 86.1 Å². The number of ether oxygens (including phenoxy) is 9. The molecule has 0 heterocycles. The molecule has 0 aliphatic heterocycles.